The van der Waals surface area contributed by atoms with Crippen LogP contribution >= 0.6 is 23.2 Å². The second-order valence-electron chi connectivity index (χ2n) is 15.9. The van der Waals surface area contributed by atoms with Crippen molar-refractivity contribution in [2.45, 2.75) is 98.1 Å². The maximum Gasteiger partial charge on any atom is 0.226 e. The molecule has 3 aliphatic heterocycles. The molecule has 1 amide bonds. The number of nitrogens with two attached hydrogens (primary N) is 2. The van der Waals surface area contributed by atoms with Gasteiger partial charge in [-0.15, -0.1) is 0 Å². The smallest absolute Gasteiger partial charge is 0.226 e. The van der Waals surface area contributed by atoms with Gasteiger partial charge in [-0.25, -0.2) is 9.37 Å². The van der Waals surface area contributed by atoms with Crippen LogP contribution in [0, 0.1) is 41.3 Å². The number of hydrogen-bond donors (Lipinski definition) is 5. The highest BCUT2D eigenvalue weighted by atomic mass is 35.5. The van der Waals surface area contributed by atoms with Crippen LogP contribution in [0.1, 0.15) is 95.6 Å². The number of carbonyl (C=O) groups is 1. The molecule has 2 bridgehead atoms. The summed E-state index contributed by atoms with van der Waals surface area (Å²) in [6, 6.07) is 12.2. The van der Waals surface area contributed by atoms with E-state index in [-0.39, 0.29) is 40.2 Å². The number of hydrogen-bond acceptors (Lipinski definition) is 7. The molecule has 282 valence electrons. The largest absolute Gasteiger partial charge is 0.400 e. The molecule has 4 aromatic rings. The van der Waals surface area contributed by atoms with Gasteiger partial charge in [0.05, 0.1) is 27.7 Å². The van der Waals surface area contributed by atoms with E-state index in [1.54, 1.807) is 18.2 Å². The molecule has 5 aliphatic rings. The number of nitrogens with zero attached hydrogens (tertiary/aromatic N) is 3. The third kappa shape index (κ3) is 8.14. The highest BCUT2D eigenvalue weighted by molar-refractivity contribution is 6.43. The Morgan fingerprint density at radius 1 is 1.17 bits per heavy atom. The molecule has 2 aromatic carbocycles. The first kappa shape index (κ1) is 38.8. The van der Waals surface area contributed by atoms with Crippen LogP contribution in [0.2, 0.25) is 10.0 Å². The minimum atomic E-state index is -0.484. The number of fused-ring (bicyclic) bond motifs is 4. The first-order valence-corrected chi connectivity index (χ1v) is 19.4. The number of rotatable bonds is 6. The molecule has 53 heavy (non-hydrogen) atoms. The molecule has 5 heterocycles. The standard InChI is InChI=1S/C29H25Cl2FN4O.C7H17N3.C5H9N/c1-15-19-14-22(23-8-4-12-36(23)29(37)16-9-10-16)35-27(19)20-13-17(5-3-11-33)24(26(32)28(20)34-15)18-6-2-7-21(30)25(18)31;1-5(10-9)6(8)7(2,3)4;1-4-2-5(1)6-3-4/h2,6-7,13-14,16,23,35H,3-5,8-10,12H2,1H3;10H,8-9H2,1-4H3;4-6H,1-3H2/b;6-5-;. The summed E-state index contributed by atoms with van der Waals surface area (Å²) in [7, 11) is 0. The van der Waals surface area contributed by atoms with Crippen LogP contribution in [-0.2, 0) is 11.2 Å². The zero-order valence-corrected chi connectivity index (χ0v) is 32.8. The molecule has 5 fully saturated rings. The Morgan fingerprint density at radius 2 is 1.91 bits per heavy atom. The fraction of sp³-hybridized carbons (Fsp3) is 0.488. The summed E-state index contributed by atoms with van der Waals surface area (Å²) in [4.78, 5) is 23.1. The van der Waals surface area contributed by atoms with Gasteiger partial charge in [-0.1, -0.05) is 56.1 Å². The van der Waals surface area contributed by atoms with Crippen molar-refractivity contribution in [3.8, 4) is 17.2 Å². The Hall–Kier alpha value is -3.88. The number of halogens is 3. The fourth-order valence-electron chi connectivity index (χ4n) is 7.71. The normalized spacial score (nSPS) is 20.9. The molecule has 2 aromatic heterocycles. The lowest BCUT2D eigenvalue weighted by molar-refractivity contribution is -0.133. The summed E-state index contributed by atoms with van der Waals surface area (Å²) in [5.74, 6) is 6.19. The second kappa shape index (κ2) is 15.8. The van der Waals surface area contributed by atoms with Crippen molar-refractivity contribution in [3.05, 3.63) is 74.5 Å². The van der Waals surface area contributed by atoms with Gasteiger partial charge in [0, 0.05) is 75.0 Å². The number of nitrogens with one attached hydrogen (secondary N) is 3. The SMILES string of the molecule is C/C(NN)=C(/N)C(C)(C)C.C1NC2CC1C2.Cc1nc2c(F)c(-c3cccc(Cl)c3Cl)c(CCC#N)cc2c2[nH]c(C3CCCN3C(=O)C3CC3)cc12. The van der Waals surface area contributed by atoms with Crippen LogP contribution in [0.25, 0.3) is 32.9 Å². The molecule has 0 spiro atoms. The number of pyridine rings is 1. The molecule has 2 saturated carbocycles. The quantitative estimate of drug-likeness (QED) is 0.0975. The summed E-state index contributed by atoms with van der Waals surface area (Å²) in [5, 5.41) is 14.8. The van der Waals surface area contributed by atoms with Crippen LogP contribution in [0.5, 0.6) is 0 Å². The molecular formula is C41H51Cl2FN8O. The van der Waals surface area contributed by atoms with E-state index in [0.29, 0.717) is 39.2 Å². The number of likely N-dealkylation sites (tertiary alicyclic amines) is 1. The van der Waals surface area contributed by atoms with Crippen molar-refractivity contribution in [1.29, 1.82) is 5.26 Å². The molecule has 12 heteroatoms. The molecule has 0 radical (unpaired) electrons. The Kier molecular flexibility index (Phi) is 11.6. The molecule has 2 aliphatic carbocycles. The molecule has 1 unspecified atom stereocenters. The highest BCUT2D eigenvalue weighted by Crippen LogP contribution is 2.43. The van der Waals surface area contributed by atoms with Gasteiger partial charge in [0.25, 0.3) is 0 Å². The van der Waals surface area contributed by atoms with Crippen molar-refractivity contribution < 1.29 is 9.18 Å². The number of carbonyl (C=O) groups excluding carboxylic acids is 1. The number of H-pyrrole nitrogens is 1. The lowest BCUT2D eigenvalue weighted by atomic mass is 9.87. The Bertz CT molecular complexity index is 2070. The summed E-state index contributed by atoms with van der Waals surface area (Å²) in [5.41, 5.74) is 14.1. The maximum absolute atomic E-state index is 16.3. The lowest BCUT2D eigenvalue weighted by Crippen LogP contribution is -2.31. The van der Waals surface area contributed by atoms with Gasteiger partial charge in [-0.3, -0.25) is 10.6 Å². The van der Waals surface area contributed by atoms with Crippen LogP contribution < -0.4 is 22.3 Å². The number of aromatic nitrogens is 2. The van der Waals surface area contributed by atoms with Crippen molar-refractivity contribution in [2.75, 3.05) is 13.1 Å². The molecule has 9 rings (SSSR count). The first-order valence-electron chi connectivity index (χ1n) is 18.7. The van der Waals surface area contributed by atoms with Gasteiger partial charge >= 0.3 is 0 Å². The Balaban J connectivity index is 0.000000247. The number of benzene rings is 2. The number of nitriles is 1. The summed E-state index contributed by atoms with van der Waals surface area (Å²) in [6.45, 7) is 11.9. The predicted octanol–water partition coefficient (Wildman–Crippen LogP) is 8.72. The summed E-state index contributed by atoms with van der Waals surface area (Å²) < 4.78 is 16.3. The predicted molar refractivity (Wildman–Crippen MR) is 212 cm³/mol. The lowest BCUT2D eigenvalue weighted by Gasteiger charge is -2.24. The first-order chi connectivity index (χ1) is 25.2. The fourth-order valence-corrected chi connectivity index (χ4v) is 8.10. The van der Waals surface area contributed by atoms with Crippen molar-refractivity contribution in [2.24, 2.45) is 28.8 Å². The van der Waals surface area contributed by atoms with Gasteiger partial charge in [0.15, 0.2) is 5.82 Å². The van der Waals surface area contributed by atoms with Gasteiger partial charge in [-0.05, 0) is 95.0 Å². The van der Waals surface area contributed by atoms with E-state index in [9.17, 15) is 10.1 Å². The van der Waals surface area contributed by atoms with Crippen molar-refractivity contribution in [1.82, 2.24) is 25.6 Å². The van der Waals surface area contributed by atoms with Gasteiger partial charge < -0.3 is 26.4 Å². The van der Waals surface area contributed by atoms with Crippen molar-refractivity contribution in [3.63, 3.8) is 0 Å². The zero-order valence-electron chi connectivity index (χ0n) is 31.3. The van der Waals surface area contributed by atoms with E-state index in [0.717, 1.165) is 72.2 Å². The molecule has 1 atom stereocenters. The Labute approximate surface area is 321 Å². The van der Waals surface area contributed by atoms with Gasteiger partial charge in [0.2, 0.25) is 5.91 Å². The monoisotopic (exact) mass is 760 g/mol. The topological polar surface area (TPSA) is 149 Å². The minimum Gasteiger partial charge on any atom is -0.400 e. The number of aryl methyl sites for hydroxylation is 2. The highest BCUT2D eigenvalue weighted by Gasteiger charge is 2.39. The Morgan fingerprint density at radius 3 is 2.47 bits per heavy atom. The zero-order chi connectivity index (χ0) is 38.2. The van der Waals surface area contributed by atoms with Crippen molar-refractivity contribution >= 4 is 50.9 Å². The van der Waals surface area contributed by atoms with Crippen LogP contribution in [0.4, 0.5) is 4.39 Å². The molecular weight excluding hydrogens is 710 g/mol. The number of allylic oxidation sites excluding steroid dienone is 2. The number of hydrazine groups is 1. The van der Waals surface area contributed by atoms with E-state index in [4.69, 9.17) is 34.8 Å². The van der Waals surface area contributed by atoms with Crippen LogP contribution in [0.15, 0.2) is 41.7 Å². The molecule has 9 nitrogen and oxygen atoms in total. The minimum absolute atomic E-state index is 0.00352. The molecule has 7 N–H and O–H groups in total. The maximum atomic E-state index is 16.3. The van der Waals surface area contributed by atoms with E-state index in [1.807, 2.05) is 45.6 Å². The molecule has 3 saturated heterocycles. The number of aromatic amines is 1. The average molecular weight is 762 g/mol. The van der Waals surface area contributed by atoms with Crippen LogP contribution in [0.3, 0.4) is 0 Å². The van der Waals surface area contributed by atoms with Crippen LogP contribution in [-0.4, -0.2) is 39.9 Å². The van der Waals surface area contributed by atoms with E-state index in [2.05, 4.69) is 32.8 Å². The van der Waals surface area contributed by atoms with Gasteiger partial charge in [0.1, 0.15) is 5.52 Å². The van der Waals surface area contributed by atoms with E-state index in [1.165, 1.54) is 19.4 Å². The van der Waals surface area contributed by atoms with Gasteiger partial charge in [-0.2, -0.15) is 5.26 Å². The average Bonchev–Trinajstić information content (AvgIpc) is 3.52. The number of amides is 1. The summed E-state index contributed by atoms with van der Waals surface area (Å²) in [6.07, 6.45) is 7.35. The second-order valence-corrected chi connectivity index (χ2v) is 16.7. The summed E-state index contributed by atoms with van der Waals surface area (Å²) >= 11 is 12.8. The van der Waals surface area contributed by atoms with E-state index >= 15 is 4.39 Å². The third-order valence-electron chi connectivity index (χ3n) is 11.0. The third-order valence-corrected chi connectivity index (χ3v) is 11.8. The van der Waals surface area contributed by atoms with E-state index < -0.39 is 5.82 Å².